The van der Waals surface area contributed by atoms with Crippen LogP contribution in [0, 0.1) is 25.2 Å². The zero-order valence-corrected chi connectivity index (χ0v) is 26.9. The lowest BCUT2D eigenvalue weighted by Crippen LogP contribution is -2.60. The number of terminal acetylenes is 1. The maximum Gasteiger partial charge on any atom is 0.330 e. The van der Waals surface area contributed by atoms with Gasteiger partial charge >= 0.3 is 12.0 Å². The zero-order chi connectivity index (χ0) is 32.6. The van der Waals surface area contributed by atoms with Gasteiger partial charge in [-0.1, -0.05) is 12.2 Å². The molecular weight excluding hydrogens is 606 g/mol. The summed E-state index contributed by atoms with van der Waals surface area (Å²) < 4.78 is 12.2. The second-order valence-corrected chi connectivity index (χ2v) is 13.0. The van der Waals surface area contributed by atoms with Crippen molar-refractivity contribution in [1.82, 2.24) is 25.1 Å². The lowest BCUT2D eigenvalue weighted by atomic mass is 9.97. The number of amides is 3. The molecule has 240 valence electrons. The van der Waals surface area contributed by atoms with Crippen molar-refractivity contribution in [3.63, 3.8) is 0 Å². The number of ether oxygens (including phenoxy) is 2. The third-order valence-electron chi connectivity index (χ3n) is 9.19. The van der Waals surface area contributed by atoms with Gasteiger partial charge in [-0.05, 0) is 50.7 Å². The number of aliphatic carboxylic acids is 1. The molecule has 3 aromatic rings. The largest absolute Gasteiger partial charge is 0.496 e. The topological polar surface area (TPSA) is 134 Å². The normalized spacial score (nSPS) is 25.8. The van der Waals surface area contributed by atoms with Crippen LogP contribution in [-0.2, 0) is 9.59 Å². The van der Waals surface area contributed by atoms with Gasteiger partial charge < -0.3 is 29.7 Å². The molecule has 2 aromatic heterocycles. The average Bonchev–Trinajstić information content (AvgIpc) is 3.53. The first kappa shape index (κ1) is 31.4. The predicted octanol–water partition coefficient (Wildman–Crippen LogP) is 4.62. The molecule has 6 rings (SSSR count). The van der Waals surface area contributed by atoms with E-state index in [2.05, 4.69) is 16.2 Å². The number of pyridine rings is 1. The van der Waals surface area contributed by atoms with Gasteiger partial charge in [0.1, 0.15) is 45.6 Å². The van der Waals surface area contributed by atoms with Crippen molar-refractivity contribution in [2.24, 2.45) is 5.92 Å². The molecule has 2 aliphatic heterocycles. The summed E-state index contributed by atoms with van der Waals surface area (Å²) in [6.45, 7) is 2.76. The minimum Gasteiger partial charge on any atom is -0.496 e. The molecule has 0 radical (unpaired) electrons. The van der Waals surface area contributed by atoms with Crippen LogP contribution in [0.3, 0.4) is 0 Å². The number of aromatic nitrogens is 2. The van der Waals surface area contributed by atoms with Gasteiger partial charge in [-0.2, -0.15) is 0 Å². The fourth-order valence-electron chi connectivity index (χ4n) is 6.42. The Morgan fingerprint density at radius 2 is 2.04 bits per heavy atom. The fourth-order valence-corrected chi connectivity index (χ4v) is 7.14. The summed E-state index contributed by atoms with van der Waals surface area (Å²) in [6, 6.07) is 4.41. The van der Waals surface area contributed by atoms with Crippen molar-refractivity contribution >= 4 is 40.1 Å². The van der Waals surface area contributed by atoms with Crippen molar-refractivity contribution in [3.05, 3.63) is 47.0 Å². The van der Waals surface area contributed by atoms with E-state index in [1.54, 1.807) is 29.3 Å². The van der Waals surface area contributed by atoms with Crippen LogP contribution in [0.4, 0.5) is 4.79 Å². The predicted molar refractivity (Wildman–Crippen MR) is 174 cm³/mol. The number of piperidine rings is 1. The molecule has 0 bridgehead atoms. The van der Waals surface area contributed by atoms with Crippen LogP contribution >= 0.6 is 11.3 Å². The molecule has 3 aliphatic rings. The van der Waals surface area contributed by atoms with E-state index in [0.29, 0.717) is 52.8 Å². The smallest absolute Gasteiger partial charge is 0.330 e. The SMILES string of the molecule is C#Cc1csc(-c2cc(O[C@@H]3CCN4C(=O)N(C)CCCC/C=C\[C@@H]5C[C@@]5(C(=O)O)NC(=O)[C@@H]4C3)c3ccc(OC)c(C)c3n2)n1. The van der Waals surface area contributed by atoms with E-state index < -0.39 is 29.6 Å². The molecule has 2 fully saturated rings. The summed E-state index contributed by atoms with van der Waals surface area (Å²) in [5, 5.41) is 16.1. The van der Waals surface area contributed by atoms with Crippen molar-refractivity contribution in [3.8, 4) is 34.5 Å². The highest BCUT2D eigenvalue weighted by Crippen LogP contribution is 2.45. The average molecular weight is 644 g/mol. The number of carbonyl (C=O) groups excluding carboxylic acids is 2. The molecule has 46 heavy (non-hydrogen) atoms. The molecule has 1 saturated carbocycles. The number of rotatable bonds is 5. The number of nitrogens with one attached hydrogen (secondary N) is 1. The summed E-state index contributed by atoms with van der Waals surface area (Å²) >= 11 is 1.38. The van der Waals surface area contributed by atoms with Crippen LogP contribution in [0.2, 0.25) is 0 Å². The summed E-state index contributed by atoms with van der Waals surface area (Å²) in [5.41, 5.74) is 1.25. The molecule has 4 heterocycles. The maximum absolute atomic E-state index is 13.9. The van der Waals surface area contributed by atoms with E-state index in [1.807, 2.05) is 37.3 Å². The number of nitrogens with zero attached hydrogens (tertiary/aromatic N) is 4. The number of hydrogen-bond donors (Lipinski definition) is 2. The first-order valence-corrected chi connectivity index (χ1v) is 16.3. The number of aryl methyl sites for hydroxylation is 1. The van der Waals surface area contributed by atoms with Crippen LogP contribution in [0.25, 0.3) is 21.6 Å². The molecule has 0 spiro atoms. The Balaban J connectivity index is 1.34. The molecule has 1 saturated heterocycles. The Kier molecular flexibility index (Phi) is 8.61. The number of carboxylic acids is 1. The first-order chi connectivity index (χ1) is 22.1. The van der Waals surface area contributed by atoms with Crippen LogP contribution in [0.15, 0.2) is 35.7 Å². The van der Waals surface area contributed by atoms with E-state index in [4.69, 9.17) is 20.9 Å². The van der Waals surface area contributed by atoms with Gasteiger partial charge in [-0.25, -0.2) is 19.6 Å². The van der Waals surface area contributed by atoms with Crippen LogP contribution in [0.5, 0.6) is 11.5 Å². The quantitative estimate of drug-likeness (QED) is 0.304. The number of fused-ring (bicyclic) bond motifs is 3. The summed E-state index contributed by atoms with van der Waals surface area (Å²) in [6.07, 6.45) is 12.5. The van der Waals surface area contributed by atoms with Gasteiger partial charge in [-0.15, -0.1) is 17.8 Å². The molecule has 11 nitrogen and oxygen atoms in total. The van der Waals surface area contributed by atoms with E-state index >= 15 is 0 Å². The Morgan fingerprint density at radius 3 is 2.78 bits per heavy atom. The summed E-state index contributed by atoms with van der Waals surface area (Å²) in [4.78, 5) is 52.5. The zero-order valence-electron chi connectivity index (χ0n) is 26.1. The third-order valence-corrected chi connectivity index (χ3v) is 10.1. The Labute approximate surface area is 271 Å². The lowest BCUT2D eigenvalue weighted by Gasteiger charge is -2.40. The van der Waals surface area contributed by atoms with Gasteiger partial charge in [0.25, 0.3) is 0 Å². The number of hydrogen-bond acceptors (Lipinski definition) is 8. The summed E-state index contributed by atoms with van der Waals surface area (Å²) in [7, 11) is 3.34. The fraction of sp³-hybridized carbons (Fsp3) is 0.441. The van der Waals surface area contributed by atoms with Crippen molar-refractivity contribution in [2.75, 3.05) is 27.2 Å². The second kappa shape index (κ2) is 12.6. The van der Waals surface area contributed by atoms with Gasteiger partial charge in [0.15, 0.2) is 0 Å². The second-order valence-electron chi connectivity index (χ2n) is 12.2. The standard InChI is InChI=1S/C34H37N5O6S/c1-5-22-19-46-31(35-22)25-17-28(24-11-12-27(44-4)20(2)29(24)36-25)45-23-13-15-39-26(16-23)30(40)37-34(32(41)42)18-21(34)10-8-6-7-9-14-38(3)33(39)43/h1,8,10-12,17,19,21,23,26H,6-7,9,13-16,18H2,2-4H3,(H,37,40)(H,41,42)/b10-8-/t21-,23-,26+,34-/m1/s1. The Hall–Kier alpha value is -4.63. The van der Waals surface area contributed by atoms with E-state index in [1.165, 1.54) is 11.3 Å². The van der Waals surface area contributed by atoms with Crippen molar-refractivity contribution < 1.29 is 29.0 Å². The Bertz CT molecular complexity index is 1760. The van der Waals surface area contributed by atoms with Gasteiger partial charge in [-0.3, -0.25) is 4.79 Å². The number of carboxylic acid groups (broad SMARTS) is 1. The molecule has 2 N–H and O–H groups in total. The maximum atomic E-state index is 13.9. The minimum atomic E-state index is -1.37. The van der Waals surface area contributed by atoms with E-state index in [9.17, 15) is 19.5 Å². The molecule has 4 atom stereocenters. The minimum absolute atomic E-state index is 0.189. The third kappa shape index (κ3) is 5.87. The summed E-state index contributed by atoms with van der Waals surface area (Å²) in [5.74, 6) is 1.94. The molecule has 1 aromatic carbocycles. The first-order valence-electron chi connectivity index (χ1n) is 15.5. The number of methoxy groups -OCH3 is 1. The van der Waals surface area contributed by atoms with Gasteiger partial charge in [0.05, 0.1) is 12.6 Å². The van der Waals surface area contributed by atoms with Crippen LogP contribution < -0.4 is 14.8 Å². The Morgan fingerprint density at radius 1 is 1.22 bits per heavy atom. The van der Waals surface area contributed by atoms with Crippen molar-refractivity contribution in [1.29, 1.82) is 0 Å². The number of thiazole rings is 1. The van der Waals surface area contributed by atoms with E-state index in [0.717, 1.165) is 30.2 Å². The highest BCUT2D eigenvalue weighted by Gasteiger charge is 2.61. The monoisotopic (exact) mass is 643 g/mol. The highest BCUT2D eigenvalue weighted by atomic mass is 32.1. The molecular formula is C34H37N5O6S. The number of carbonyl (C=O) groups is 3. The highest BCUT2D eigenvalue weighted by molar-refractivity contribution is 7.13. The van der Waals surface area contributed by atoms with Crippen LogP contribution in [0.1, 0.15) is 49.8 Å². The van der Waals surface area contributed by atoms with E-state index in [-0.39, 0.29) is 24.9 Å². The lowest BCUT2D eigenvalue weighted by molar-refractivity contribution is -0.144. The molecule has 1 aliphatic carbocycles. The van der Waals surface area contributed by atoms with Gasteiger partial charge in [0.2, 0.25) is 5.91 Å². The van der Waals surface area contributed by atoms with Crippen LogP contribution in [-0.4, -0.2) is 87.7 Å². The van der Waals surface area contributed by atoms with Gasteiger partial charge in [0, 0.05) is 61.3 Å². The number of allylic oxidation sites excluding steroid dienone is 1. The molecule has 12 heteroatoms. The number of urea groups is 1. The van der Waals surface area contributed by atoms with Crippen molar-refractivity contribution in [2.45, 2.75) is 63.1 Å². The molecule has 0 unspecified atom stereocenters. The molecule has 3 amide bonds. The number of benzene rings is 1.